The van der Waals surface area contributed by atoms with Gasteiger partial charge < -0.3 is 9.64 Å². The number of rotatable bonds is 4. The van der Waals surface area contributed by atoms with E-state index < -0.39 is 11.6 Å². The van der Waals surface area contributed by atoms with E-state index in [2.05, 4.69) is 23.9 Å². The molecule has 3 atom stereocenters. The van der Waals surface area contributed by atoms with E-state index >= 15 is 0 Å². The van der Waals surface area contributed by atoms with Crippen LogP contribution in [0.2, 0.25) is 0 Å². The highest BCUT2D eigenvalue weighted by molar-refractivity contribution is 5.18. The second-order valence-corrected chi connectivity index (χ2v) is 6.50. The van der Waals surface area contributed by atoms with Crippen molar-refractivity contribution in [2.75, 3.05) is 40.3 Å². The highest BCUT2D eigenvalue weighted by atomic mass is 19.2. The Morgan fingerprint density at radius 2 is 2.05 bits per heavy atom. The second-order valence-electron chi connectivity index (χ2n) is 6.50. The molecule has 0 saturated carbocycles. The number of fused-ring (bicyclic) bond motifs is 1. The van der Waals surface area contributed by atoms with Crippen LogP contribution in [0.5, 0.6) is 0 Å². The van der Waals surface area contributed by atoms with E-state index in [1.165, 1.54) is 12.1 Å². The minimum Gasteiger partial charge on any atom is -0.376 e. The molecule has 1 aromatic carbocycles. The third-order valence-corrected chi connectivity index (χ3v) is 4.50. The molecule has 116 valence electrons. The van der Waals surface area contributed by atoms with Gasteiger partial charge in [-0.05, 0) is 31.8 Å². The molecule has 1 aromatic rings. The molecule has 2 aliphatic rings. The van der Waals surface area contributed by atoms with Gasteiger partial charge in [0, 0.05) is 38.0 Å². The van der Waals surface area contributed by atoms with E-state index in [1.54, 1.807) is 6.07 Å². The topological polar surface area (TPSA) is 15.7 Å². The molecule has 2 saturated heterocycles. The highest BCUT2D eigenvalue weighted by Gasteiger charge is 2.43. The molecule has 0 bridgehead atoms. The minimum atomic E-state index is -0.786. The summed E-state index contributed by atoms with van der Waals surface area (Å²) in [5, 5.41) is 0. The van der Waals surface area contributed by atoms with Crippen LogP contribution < -0.4 is 0 Å². The van der Waals surface area contributed by atoms with Gasteiger partial charge in [0.1, 0.15) is 0 Å². The van der Waals surface area contributed by atoms with Crippen LogP contribution in [0.1, 0.15) is 5.56 Å². The van der Waals surface area contributed by atoms with Crippen LogP contribution in [0.3, 0.4) is 0 Å². The Balaban J connectivity index is 1.61. The number of likely N-dealkylation sites (tertiary alicyclic amines) is 1. The number of ether oxygens (including phenoxy) is 1. The third-order valence-electron chi connectivity index (χ3n) is 4.50. The van der Waals surface area contributed by atoms with Crippen molar-refractivity contribution in [3.8, 4) is 0 Å². The maximum absolute atomic E-state index is 13.3. The predicted molar refractivity (Wildman–Crippen MR) is 76.9 cm³/mol. The Bertz CT molecular complexity index is 509. The summed E-state index contributed by atoms with van der Waals surface area (Å²) in [7, 11) is 4.17. The van der Waals surface area contributed by atoms with Crippen LogP contribution in [-0.4, -0.2) is 56.2 Å². The molecule has 2 fully saturated rings. The van der Waals surface area contributed by atoms with Crippen LogP contribution in [0.25, 0.3) is 0 Å². The molecule has 0 amide bonds. The Morgan fingerprint density at radius 1 is 1.24 bits per heavy atom. The van der Waals surface area contributed by atoms with Gasteiger partial charge in [-0.15, -0.1) is 0 Å². The number of hydrogen-bond acceptors (Lipinski definition) is 3. The van der Waals surface area contributed by atoms with E-state index in [1.807, 2.05) is 0 Å². The Kier molecular flexibility index (Phi) is 4.24. The number of nitrogens with zero attached hydrogens (tertiary/aromatic N) is 2. The van der Waals surface area contributed by atoms with E-state index in [4.69, 9.17) is 4.74 Å². The Morgan fingerprint density at radius 3 is 2.76 bits per heavy atom. The summed E-state index contributed by atoms with van der Waals surface area (Å²) in [4.78, 5) is 4.48. The molecule has 5 heteroatoms. The molecule has 2 heterocycles. The largest absolute Gasteiger partial charge is 0.376 e. The number of halogens is 2. The first-order valence-corrected chi connectivity index (χ1v) is 7.45. The average molecular weight is 296 g/mol. The van der Waals surface area contributed by atoms with Gasteiger partial charge in [-0.3, -0.25) is 4.90 Å². The SMILES string of the molecule is CN(C)C[C@@H]1CO[C@@H]2CN(Cc3ccc(F)c(F)c3)C[C@H]12. The summed E-state index contributed by atoms with van der Waals surface area (Å²) in [5.74, 6) is -0.433. The zero-order valence-corrected chi connectivity index (χ0v) is 12.6. The van der Waals surface area contributed by atoms with Crippen LogP contribution in [0.4, 0.5) is 8.78 Å². The Hall–Kier alpha value is -1.04. The molecular weight excluding hydrogens is 274 g/mol. The molecule has 0 N–H and O–H groups in total. The lowest BCUT2D eigenvalue weighted by Gasteiger charge is -2.22. The summed E-state index contributed by atoms with van der Waals surface area (Å²) in [6, 6.07) is 4.15. The van der Waals surface area contributed by atoms with Gasteiger partial charge in [0.15, 0.2) is 11.6 Å². The molecule has 0 unspecified atom stereocenters. The van der Waals surface area contributed by atoms with Gasteiger partial charge >= 0.3 is 0 Å². The smallest absolute Gasteiger partial charge is 0.159 e. The van der Waals surface area contributed by atoms with Crippen molar-refractivity contribution in [3.05, 3.63) is 35.4 Å². The molecule has 0 aliphatic carbocycles. The zero-order chi connectivity index (χ0) is 15.0. The summed E-state index contributed by atoms with van der Waals surface area (Å²) >= 11 is 0. The lowest BCUT2D eigenvalue weighted by Crippen LogP contribution is -2.30. The number of hydrogen-bond donors (Lipinski definition) is 0. The molecule has 21 heavy (non-hydrogen) atoms. The molecule has 0 radical (unpaired) electrons. The van der Waals surface area contributed by atoms with Crippen molar-refractivity contribution in [1.82, 2.24) is 9.80 Å². The van der Waals surface area contributed by atoms with Crippen molar-refractivity contribution in [1.29, 1.82) is 0 Å². The maximum atomic E-state index is 13.3. The van der Waals surface area contributed by atoms with Gasteiger partial charge in [-0.1, -0.05) is 6.07 Å². The van der Waals surface area contributed by atoms with Crippen LogP contribution >= 0.6 is 0 Å². The van der Waals surface area contributed by atoms with Crippen molar-refractivity contribution >= 4 is 0 Å². The van der Waals surface area contributed by atoms with Gasteiger partial charge in [0.25, 0.3) is 0 Å². The molecule has 3 rings (SSSR count). The number of benzene rings is 1. The molecule has 0 spiro atoms. The van der Waals surface area contributed by atoms with E-state index in [-0.39, 0.29) is 0 Å². The van der Waals surface area contributed by atoms with Gasteiger partial charge in [-0.2, -0.15) is 0 Å². The monoisotopic (exact) mass is 296 g/mol. The van der Waals surface area contributed by atoms with Crippen molar-refractivity contribution in [3.63, 3.8) is 0 Å². The fourth-order valence-corrected chi connectivity index (χ4v) is 3.56. The van der Waals surface area contributed by atoms with E-state index in [0.29, 0.717) is 24.5 Å². The second kappa shape index (κ2) is 5.99. The normalized spacial score (nSPS) is 29.3. The zero-order valence-electron chi connectivity index (χ0n) is 12.6. The molecular formula is C16H22F2N2O. The van der Waals surface area contributed by atoms with Gasteiger partial charge in [0.05, 0.1) is 12.7 Å². The van der Waals surface area contributed by atoms with Gasteiger partial charge in [0.2, 0.25) is 0 Å². The van der Waals surface area contributed by atoms with E-state index in [0.717, 1.165) is 31.8 Å². The molecule has 0 aromatic heterocycles. The first-order chi connectivity index (χ1) is 10.0. The van der Waals surface area contributed by atoms with Gasteiger partial charge in [-0.25, -0.2) is 8.78 Å². The first-order valence-electron chi connectivity index (χ1n) is 7.45. The highest BCUT2D eigenvalue weighted by Crippen LogP contribution is 2.34. The van der Waals surface area contributed by atoms with Crippen molar-refractivity contribution < 1.29 is 13.5 Å². The van der Waals surface area contributed by atoms with Crippen LogP contribution in [0, 0.1) is 23.5 Å². The third kappa shape index (κ3) is 3.25. The van der Waals surface area contributed by atoms with Crippen LogP contribution in [-0.2, 0) is 11.3 Å². The predicted octanol–water partition coefficient (Wildman–Crippen LogP) is 1.97. The molecule has 2 aliphatic heterocycles. The summed E-state index contributed by atoms with van der Waals surface area (Å²) in [6.45, 7) is 4.39. The summed E-state index contributed by atoms with van der Waals surface area (Å²) in [6.07, 6.45) is 0.292. The fraction of sp³-hybridized carbons (Fsp3) is 0.625. The maximum Gasteiger partial charge on any atom is 0.159 e. The van der Waals surface area contributed by atoms with Crippen molar-refractivity contribution in [2.45, 2.75) is 12.6 Å². The summed E-state index contributed by atoms with van der Waals surface area (Å²) < 4.78 is 32.1. The quantitative estimate of drug-likeness (QED) is 0.845. The van der Waals surface area contributed by atoms with E-state index in [9.17, 15) is 8.78 Å². The minimum absolute atomic E-state index is 0.292. The standard InChI is InChI=1S/C16H22F2N2O/c1-19(2)7-12-10-21-16-9-20(8-13(12)16)6-11-3-4-14(17)15(18)5-11/h3-5,12-13,16H,6-10H2,1-2H3/t12-,13-,16-/m1/s1. The van der Waals surface area contributed by atoms with Crippen molar-refractivity contribution in [2.24, 2.45) is 11.8 Å². The Labute approximate surface area is 124 Å². The molecule has 3 nitrogen and oxygen atoms in total. The average Bonchev–Trinajstić information content (AvgIpc) is 2.95. The fourth-order valence-electron chi connectivity index (χ4n) is 3.56. The summed E-state index contributed by atoms with van der Waals surface area (Å²) in [5.41, 5.74) is 0.818. The van der Waals surface area contributed by atoms with Crippen LogP contribution in [0.15, 0.2) is 18.2 Å². The first kappa shape index (κ1) is 14.9. The lowest BCUT2D eigenvalue weighted by molar-refractivity contribution is 0.0921. The lowest BCUT2D eigenvalue weighted by atomic mass is 9.93.